The third kappa shape index (κ3) is 7.78. The molecular weight excluding hydrogens is 558 g/mol. The van der Waals surface area contributed by atoms with Crippen LogP contribution in [-0.4, -0.2) is 29.6 Å². The van der Waals surface area contributed by atoms with Crippen LogP contribution in [0.4, 0.5) is 16.5 Å². The number of nitrogens with zero attached hydrogens (tertiary/aromatic N) is 2. The lowest BCUT2D eigenvalue weighted by Gasteiger charge is -2.09. The predicted molar refractivity (Wildman–Crippen MR) is 164 cm³/mol. The van der Waals surface area contributed by atoms with Crippen molar-refractivity contribution in [1.29, 1.82) is 0 Å². The molecule has 0 bridgehead atoms. The van der Waals surface area contributed by atoms with E-state index in [1.54, 1.807) is 42.5 Å². The average molecular weight is 582 g/mol. The summed E-state index contributed by atoms with van der Waals surface area (Å²) in [7, 11) is 0. The van der Waals surface area contributed by atoms with Gasteiger partial charge in [-0.1, -0.05) is 60.1 Å². The van der Waals surface area contributed by atoms with Crippen LogP contribution in [-0.2, 0) is 4.79 Å². The number of halogens is 1. The minimum Gasteiger partial charge on any atom is -0.482 e. The summed E-state index contributed by atoms with van der Waals surface area (Å²) in [6.07, 6.45) is 1.47. The average Bonchev–Trinajstić information content (AvgIpc) is 3.46. The Labute approximate surface area is 245 Å². The van der Waals surface area contributed by atoms with E-state index in [4.69, 9.17) is 16.3 Å². The first-order valence-electron chi connectivity index (χ1n) is 12.5. The highest BCUT2D eigenvalue weighted by atomic mass is 35.5. The lowest BCUT2D eigenvalue weighted by atomic mass is 10.1. The Morgan fingerprint density at radius 1 is 0.902 bits per heavy atom. The molecule has 0 aliphatic rings. The van der Waals surface area contributed by atoms with Gasteiger partial charge in [-0.25, -0.2) is 10.4 Å². The van der Waals surface area contributed by atoms with Gasteiger partial charge in [0.15, 0.2) is 11.7 Å². The molecular formula is C31H24ClN5O3S. The number of aromatic nitrogens is 1. The number of para-hydroxylation sites is 2. The minimum absolute atomic E-state index is 0.189. The lowest BCUT2D eigenvalue weighted by molar-refractivity contribution is -0.118. The molecule has 1 aromatic heterocycles. The Balaban J connectivity index is 1.11. The molecule has 41 heavy (non-hydrogen) atoms. The molecule has 5 rings (SSSR count). The molecule has 0 aliphatic carbocycles. The van der Waals surface area contributed by atoms with Crippen LogP contribution in [0.2, 0.25) is 5.02 Å². The zero-order valence-corrected chi connectivity index (χ0v) is 23.2. The van der Waals surface area contributed by atoms with Crippen LogP contribution in [0.15, 0.2) is 114 Å². The maximum Gasteiger partial charge on any atom is 0.271 e. The molecule has 4 aromatic carbocycles. The molecule has 0 fully saturated rings. The number of hydrogen-bond donors (Lipinski definition) is 3. The molecule has 3 N–H and O–H groups in total. The standard InChI is InChI=1S/C31H24ClN5O3S/c32-26-17-21(11-16-28(26)40-19-29(38)34-24-7-3-1-4-8-24)18-33-37-30(39)23-14-12-22(13-15-23)27-20-41-31(36-27)35-25-9-5-2-6-10-25/h1-18,20H,19H2,(H,34,38)(H,35,36)(H,37,39)/b33-18+. The van der Waals surface area contributed by atoms with Gasteiger partial charge in [0, 0.05) is 27.9 Å². The van der Waals surface area contributed by atoms with Gasteiger partial charge in [-0.3, -0.25) is 9.59 Å². The van der Waals surface area contributed by atoms with Gasteiger partial charge in [-0.2, -0.15) is 5.10 Å². The van der Waals surface area contributed by atoms with Crippen molar-refractivity contribution < 1.29 is 14.3 Å². The molecule has 5 aromatic rings. The van der Waals surface area contributed by atoms with Crippen LogP contribution in [0.25, 0.3) is 11.3 Å². The monoisotopic (exact) mass is 581 g/mol. The van der Waals surface area contributed by atoms with Crippen molar-refractivity contribution in [2.24, 2.45) is 5.10 Å². The maximum atomic E-state index is 12.6. The quantitative estimate of drug-likeness (QED) is 0.122. The van der Waals surface area contributed by atoms with Gasteiger partial charge in [0.05, 0.1) is 16.9 Å². The highest BCUT2D eigenvalue weighted by Crippen LogP contribution is 2.27. The zero-order chi connectivity index (χ0) is 28.4. The van der Waals surface area contributed by atoms with E-state index in [9.17, 15) is 9.59 Å². The number of carbonyl (C=O) groups is 2. The summed E-state index contributed by atoms with van der Waals surface area (Å²) < 4.78 is 5.53. The fourth-order valence-electron chi connectivity index (χ4n) is 3.71. The number of carbonyl (C=O) groups excluding carboxylic acids is 2. The Bertz CT molecular complexity index is 1660. The van der Waals surface area contributed by atoms with Crippen LogP contribution in [0, 0.1) is 0 Å². The molecule has 0 atom stereocenters. The second-order valence-electron chi connectivity index (χ2n) is 8.70. The second-order valence-corrected chi connectivity index (χ2v) is 9.96. The van der Waals surface area contributed by atoms with E-state index in [2.05, 4.69) is 26.1 Å². The highest BCUT2D eigenvalue weighted by Gasteiger charge is 2.09. The summed E-state index contributed by atoms with van der Waals surface area (Å²) in [4.78, 5) is 29.3. The summed E-state index contributed by atoms with van der Waals surface area (Å²) in [5, 5.41) is 13.1. The fourth-order valence-corrected chi connectivity index (χ4v) is 4.69. The number of thiazole rings is 1. The molecule has 1 heterocycles. The van der Waals surface area contributed by atoms with Crippen LogP contribution in [0.5, 0.6) is 5.75 Å². The number of nitrogens with one attached hydrogen (secondary N) is 3. The normalized spacial score (nSPS) is 10.8. The molecule has 0 unspecified atom stereocenters. The predicted octanol–water partition coefficient (Wildman–Crippen LogP) is 6.99. The van der Waals surface area contributed by atoms with E-state index in [-0.39, 0.29) is 18.4 Å². The molecule has 10 heteroatoms. The van der Waals surface area contributed by atoms with Gasteiger partial charge in [0.2, 0.25) is 0 Å². The summed E-state index contributed by atoms with van der Waals surface area (Å²) >= 11 is 7.81. The Morgan fingerprint density at radius 3 is 2.32 bits per heavy atom. The molecule has 8 nitrogen and oxygen atoms in total. The number of benzene rings is 4. The van der Waals surface area contributed by atoms with Gasteiger partial charge in [-0.15, -0.1) is 11.3 Å². The summed E-state index contributed by atoms with van der Waals surface area (Å²) in [5.41, 5.74) is 6.99. The fraction of sp³-hybridized carbons (Fsp3) is 0.0323. The lowest BCUT2D eigenvalue weighted by Crippen LogP contribution is -2.20. The summed E-state index contributed by atoms with van der Waals surface area (Å²) in [5.74, 6) is -0.294. The third-order valence-electron chi connectivity index (χ3n) is 5.72. The Hall–Kier alpha value is -4.99. The smallest absolute Gasteiger partial charge is 0.271 e. The van der Waals surface area contributed by atoms with Gasteiger partial charge in [0.1, 0.15) is 5.75 Å². The van der Waals surface area contributed by atoms with E-state index >= 15 is 0 Å². The summed E-state index contributed by atoms with van der Waals surface area (Å²) in [6.45, 7) is -0.189. The van der Waals surface area contributed by atoms with Crippen LogP contribution in [0.1, 0.15) is 15.9 Å². The first-order valence-corrected chi connectivity index (χ1v) is 13.8. The second kappa shape index (κ2) is 13.4. The summed E-state index contributed by atoms with van der Waals surface area (Å²) in [6, 6.07) is 31.1. The van der Waals surface area contributed by atoms with Crippen molar-refractivity contribution in [2.75, 3.05) is 17.2 Å². The maximum absolute atomic E-state index is 12.6. The van der Waals surface area contributed by atoms with Gasteiger partial charge in [-0.05, 0) is 60.2 Å². The van der Waals surface area contributed by atoms with Crippen molar-refractivity contribution in [1.82, 2.24) is 10.4 Å². The number of rotatable bonds is 10. The number of anilines is 3. The molecule has 0 spiro atoms. The Morgan fingerprint density at radius 2 is 1.61 bits per heavy atom. The number of hydrogen-bond acceptors (Lipinski definition) is 7. The van der Waals surface area contributed by atoms with E-state index < -0.39 is 0 Å². The van der Waals surface area contributed by atoms with Crippen molar-refractivity contribution in [3.63, 3.8) is 0 Å². The van der Waals surface area contributed by atoms with E-state index in [1.807, 2.05) is 66.0 Å². The molecule has 204 valence electrons. The van der Waals surface area contributed by atoms with Crippen LogP contribution in [0.3, 0.4) is 0 Å². The first-order chi connectivity index (χ1) is 20.0. The Kier molecular flexibility index (Phi) is 9.00. The third-order valence-corrected chi connectivity index (χ3v) is 6.78. The molecule has 0 saturated carbocycles. The van der Waals surface area contributed by atoms with Gasteiger partial charge in [0.25, 0.3) is 11.8 Å². The van der Waals surface area contributed by atoms with Crippen molar-refractivity contribution in [3.8, 4) is 17.0 Å². The molecule has 0 radical (unpaired) electrons. The number of hydrazone groups is 1. The van der Waals surface area contributed by atoms with E-state index in [0.29, 0.717) is 27.6 Å². The van der Waals surface area contributed by atoms with E-state index in [1.165, 1.54) is 17.6 Å². The number of ether oxygens (including phenoxy) is 1. The minimum atomic E-state index is -0.354. The SMILES string of the molecule is O=C(COc1ccc(/C=N/NC(=O)c2ccc(-c3csc(Nc4ccccc4)n3)cc2)cc1Cl)Nc1ccccc1. The van der Waals surface area contributed by atoms with Gasteiger partial charge >= 0.3 is 0 Å². The van der Waals surface area contributed by atoms with Crippen molar-refractivity contribution in [2.45, 2.75) is 0 Å². The molecule has 2 amide bonds. The number of amides is 2. The van der Waals surface area contributed by atoms with Crippen molar-refractivity contribution in [3.05, 3.63) is 125 Å². The first kappa shape index (κ1) is 27.6. The highest BCUT2D eigenvalue weighted by molar-refractivity contribution is 7.14. The largest absolute Gasteiger partial charge is 0.482 e. The molecule has 0 aliphatic heterocycles. The van der Waals surface area contributed by atoms with Gasteiger partial charge < -0.3 is 15.4 Å². The van der Waals surface area contributed by atoms with Crippen molar-refractivity contribution >= 4 is 57.5 Å². The molecule has 0 saturated heterocycles. The zero-order valence-electron chi connectivity index (χ0n) is 21.6. The van der Waals surface area contributed by atoms with E-state index in [0.717, 1.165) is 22.1 Å². The topological polar surface area (TPSA) is 105 Å². The van der Waals surface area contributed by atoms with Crippen LogP contribution >= 0.6 is 22.9 Å². The van der Waals surface area contributed by atoms with Crippen LogP contribution < -0.4 is 20.8 Å².